The van der Waals surface area contributed by atoms with E-state index in [0.717, 1.165) is 0 Å². The van der Waals surface area contributed by atoms with Crippen LogP contribution >= 0.6 is 23.2 Å². The monoisotopic (exact) mass is 325 g/mol. The van der Waals surface area contributed by atoms with Gasteiger partial charge in [0.1, 0.15) is 0 Å². The van der Waals surface area contributed by atoms with Crippen LogP contribution in [0.4, 0.5) is 0 Å². The third kappa shape index (κ3) is 4.02. The molecule has 0 atom stereocenters. The Morgan fingerprint density at radius 1 is 0.867 bits per heavy atom. The molecule has 0 aromatic carbocycles. The largest absolute Gasteiger partial charge is 0.130 e. The van der Waals surface area contributed by atoms with Gasteiger partial charge < -0.3 is 0 Å². The van der Waals surface area contributed by atoms with E-state index in [2.05, 4.69) is 57.8 Å². The van der Waals surface area contributed by atoms with Crippen molar-refractivity contribution in [3.8, 4) is 0 Å². The molecule has 0 saturated carbocycles. The molecule has 3 heteroatoms. The second-order valence-corrected chi connectivity index (χ2v) is 5.10. The summed E-state index contributed by atoms with van der Waals surface area (Å²) in [6, 6.07) is 0. The molecule has 0 unspecified atom stereocenters. The number of alkyl halides is 2. The maximum absolute atomic E-state index is 4.64. The summed E-state index contributed by atoms with van der Waals surface area (Å²) in [5.41, 5.74) is 4.96. The number of halogens is 2. The van der Waals surface area contributed by atoms with Gasteiger partial charge in [0.2, 0.25) is 0 Å². The zero-order chi connectivity index (χ0) is 12.8. The van der Waals surface area contributed by atoms with Gasteiger partial charge in [-0.25, -0.2) is 0 Å². The molecule has 0 spiro atoms. The van der Waals surface area contributed by atoms with Crippen molar-refractivity contribution < 1.29 is 24.7 Å². The van der Waals surface area contributed by atoms with Crippen LogP contribution in [-0.2, 0) is 24.7 Å². The first-order chi connectivity index (χ1) is 6.89. The predicted molar refractivity (Wildman–Crippen MR) is 68.4 cm³/mol. The minimum Gasteiger partial charge on any atom is -0.130 e. The molecule has 0 saturated heterocycles. The minimum absolute atomic E-state index is 0.354. The third-order valence-corrected chi connectivity index (χ3v) is 5.52. The van der Waals surface area contributed by atoms with Gasteiger partial charge >= 0.3 is 84.8 Å². The first-order valence-electron chi connectivity index (χ1n) is 4.76. The predicted octanol–water partition coefficient (Wildman–Crippen LogP) is 4.89. The molecule has 1 rings (SSSR count). The van der Waals surface area contributed by atoms with Crippen molar-refractivity contribution in [2.24, 2.45) is 5.41 Å². The smallest absolute Gasteiger partial charge is 0.0108 e. The van der Waals surface area contributed by atoms with Gasteiger partial charge in [-0.2, -0.15) is 0 Å². The number of hydrogen-bond donors (Lipinski definition) is 0. The van der Waals surface area contributed by atoms with Crippen LogP contribution in [0.1, 0.15) is 34.6 Å². The average molecular weight is 327 g/mol. The summed E-state index contributed by atoms with van der Waals surface area (Å²) >= 11 is 10.9. The molecule has 0 bridgehead atoms. The number of allylic oxidation sites excluding steroid dienone is 4. The Morgan fingerprint density at radius 3 is 1.27 bits per heavy atom. The molecule has 0 aliphatic heterocycles. The van der Waals surface area contributed by atoms with Crippen molar-refractivity contribution in [3.63, 3.8) is 0 Å². The van der Waals surface area contributed by atoms with Crippen molar-refractivity contribution in [3.05, 3.63) is 20.0 Å². The fourth-order valence-electron chi connectivity index (χ4n) is 1.59. The summed E-state index contributed by atoms with van der Waals surface area (Å²) in [4.78, 5) is 0. The van der Waals surface area contributed by atoms with Crippen molar-refractivity contribution in [1.82, 2.24) is 0 Å². The van der Waals surface area contributed by atoms with Crippen LogP contribution in [0.5, 0.6) is 0 Å². The van der Waals surface area contributed by atoms with Gasteiger partial charge in [0.05, 0.1) is 0 Å². The molecule has 0 N–H and O–H groups in total. The fourth-order valence-corrected chi connectivity index (χ4v) is 2.52. The molecule has 0 nitrogen and oxygen atoms in total. The van der Waals surface area contributed by atoms with E-state index in [-0.39, 0.29) is 0 Å². The van der Waals surface area contributed by atoms with E-state index in [9.17, 15) is 0 Å². The molecule has 0 aromatic rings. The van der Waals surface area contributed by atoms with Crippen molar-refractivity contribution in [2.45, 2.75) is 34.6 Å². The van der Waals surface area contributed by atoms with E-state index >= 15 is 0 Å². The molecule has 15 heavy (non-hydrogen) atoms. The summed E-state index contributed by atoms with van der Waals surface area (Å²) in [5.74, 6) is 0. The third-order valence-electron chi connectivity index (χ3n) is 3.06. The second-order valence-electron chi connectivity index (χ2n) is 3.88. The Balaban J connectivity index is 0. The molecular formula is C12H21Cl2Zr. The summed E-state index contributed by atoms with van der Waals surface area (Å²) in [6.07, 6.45) is 2.94. The second kappa shape index (κ2) is 8.10. The van der Waals surface area contributed by atoms with Crippen molar-refractivity contribution in [2.75, 3.05) is 12.8 Å². The quantitative estimate of drug-likeness (QED) is 0.556. The molecule has 0 aromatic heterocycles. The molecule has 0 heterocycles. The van der Waals surface area contributed by atoms with Gasteiger partial charge in [-0.05, 0) is 0 Å². The van der Waals surface area contributed by atoms with Gasteiger partial charge in [0, 0.05) is 12.8 Å². The average Bonchev–Trinajstić information content (AvgIpc) is 2.40. The van der Waals surface area contributed by atoms with Crippen LogP contribution < -0.4 is 0 Å². The Kier molecular flexibility index (Phi) is 9.88. The Bertz CT molecular complexity index is 237. The summed E-state index contributed by atoms with van der Waals surface area (Å²) in [5, 5.41) is 0. The number of rotatable bonds is 0. The summed E-state index contributed by atoms with van der Waals surface area (Å²) in [6.45, 7) is 11.4. The van der Waals surface area contributed by atoms with Crippen LogP contribution in [0.15, 0.2) is 20.0 Å². The molecule has 0 radical (unpaired) electrons. The van der Waals surface area contributed by atoms with Crippen LogP contribution in [0.25, 0.3) is 0 Å². The van der Waals surface area contributed by atoms with E-state index in [1.807, 2.05) is 0 Å². The van der Waals surface area contributed by atoms with E-state index < -0.39 is 0 Å². The Labute approximate surface area is 120 Å². The Hall–Kier alpha value is 0.943. The van der Waals surface area contributed by atoms with Gasteiger partial charge in [-0.3, -0.25) is 0 Å². The maximum Gasteiger partial charge on any atom is 0.0108 e. The van der Waals surface area contributed by atoms with Gasteiger partial charge in [-0.15, -0.1) is 23.2 Å². The van der Waals surface area contributed by atoms with Crippen LogP contribution in [0.2, 0.25) is 0 Å². The zero-order valence-electron chi connectivity index (χ0n) is 10.8. The first kappa shape index (κ1) is 18.3. The molecule has 1 aliphatic carbocycles. The molecule has 1 aliphatic rings. The number of hydrogen-bond acceptors (Lipinski definition) is 0. The minimum atomic E-state index is 0.354. The molecular weight excluding hydrogens is 306 g/mol. The molecule has 0 amide bonds. The topological polar surface area (TPSA) is 0 Å². The Morgan fingerprint density at radius 2 is 1.20 bits per heavy atom. The van der Waals surface area contributed by atoms with E-state index in [0.29, 0.717) is 5.41 Å². The first-order valence-corrected chi connectivity index (χ1v) is 7.50. The summed E-state index contributed by atoms with van der Waals surface area (Å²) in [7, 11) is 0. The van der Waals surface area contributed by atoms with E-state index in [1.165, 1.54) is 23.9 Å². The maximum atomic E-state index is 4.64. The van der Waals surface area contributed by atoms with Crippen molar-refractivity contribution in [1.29, 1.82) is 0 Å². The SMILES string of the molecule is CC1=C(C)C(C)(C)[C]([Zr])=C1C.CCl.CCl. The van der Waals surface area contributed by atoms with Crippen LogP contribution in [0.3, 0.4) is 0 Å². The normalized spacial score (nSPS) is 17.9. The van der Waals surface area contributed by atoms with Crippen LogP contribution in [-0.4, -0.2) is 12.8 Å². The summed E-state index contributed by atoms with van der Waals surface area (Å²) < 4.78 is 1.62. The van der Waals surface area contributed by atoms with Crippen molar-refractivity contribution >= 4 is 23.2 Å². The van der Waals surface area contributed by atoms with Gasteiger partial charge in [-0.1, -0.05) is 0 Å². The zero-order valence-corrected chi connectivity index (χ0v) is 14.7. The van der Waals surface area contributed by atoms with E-state index in [4.69, 9.17) is 0 Å². The molecule has 0 fully saturated rings. The molecule has 87 valence electrons. The fraction of sp³-hybridized carbons (Fsp3) is 0.667. The van der Waals surface area contributed by atoms with Crippen LogP contribution in [0, 0.1) is 5.41 Å². The van der Waals surface area contributed by atoms with Gasteiger partial charge in [0.25, 0.3) is 0 Å². The van der Waals surface area contributed by atoms with E-state index in [1.54, 1.807) is 33.6 Å². The standard InChI is InChI=1S/C10H15.2CH3Cl.Zr/c1-7-6-10(4,5)9(3)8(7)2;2*1-2;/h1-5H3;2*1H3;. The van der Waals surface area contributed by atoms with Gasteiger partial charge in [0.15, 0.2) is 0 Å².